The molecule has 0 N–H and O–H groups in total. The Morgan fingerprint density at radius 1 is 0.356 bits per heavy atom. The van der Waals surface area contributed by atoms with Crippen LogP contribution >= 0.6 is 0 Å². The molecule has 0 unspecified atom stereocenters. The van der Waals surface area contributed by atoms with Crippen LogP contribution < -0.4 is 4.90 Å². The SMILES string of the molecule is c1ccc(N2c3ccccc3-c3cc4c5ccccc5n(-c5ccc6oc7ccccc7c6c5)c4cc3-c3ccccc32)cc1. The fourth-order valence-corrected chi connectivity index (χ4v) is 7.37. The minimum atomic E-state index is 0.904. The number of anilines is 3. The third kappa shape index (κ3) is 3.46. The molecule has 0 spiro atoms. The Hall–Kier alpha value is -6.06. The van der Waals surface area contributed by atoms with E-state index < -0.39 is 0 Å². The van der Waals surface area contributed by atoms with Crippen LogP contribution in [0.25, 0.3) is 71.7 Å². The molecule has 0 aliphatic carbocycles. The van der Waals surface area contributed by atoms with Crippen LogP contribution in [0.4, 0.5) is 17.1 Å². The summed E-state index contributed by atoms with van der Waals surface area (Å²) in [4.78, 5) is 2.40. The standard InChI is InChI=1S/C42H26N2O/c1-2-12-27(13-3-1)43-37-18-8-4-14-29(37)33-25-35-31-16-6-10-20-39(31)44(40(35)26-34(33)30-15-5-9-19-38(30)43)28-22-23-42-36(24-28)32-17-7-11-21-41(32)45-42/h1-26H. The zero-order valence-corrected chi connectivity index (χ0v) is 24.3. The third-order valence-corrected chi connectivity index (χ3v) is 9.32. The molecule has 0 saturated heterocycles. The number of fused-ring (bicyclic) bond motifs is 11. The summed E-state index contributed by atoms with van der Waals surface area (Å²) in [7, 11) is 0. The molecule has 0 amide bonds. The van der Waals surface area contributed by atoms with Crippen molar-refractivity contribution in [3.8, 4) is 27.9 Å². The Kier molecular flexibility index (Phi) is 5.00. The molecule has 7 aromatic carbocycles. The average molecular weight is 575 g/mol. The van der Waals surface area contributed by atoms with Crippen molar-refractivity contribution < 1.29 is 4.42 Å². The topological polar surface area (TPSA) is 21.3 Å². The largest absolute Gasteiger partial charge is 0.456 e. The van der Waals surface area contributed by atoms with Gasteiger partial charge >= 0.3 is 0 Å². The second-order valence-corrected chi connectivity index (χ2v) is 11.8. The summed E-state index contributed by atoms with van der Waals surface area (Å²) < 4.78 is 8.61. The Labute approximate surface area is 259 Å². The van der Waals surface area contributed by atoms with Crippen molar-refractivity contribution in [1.29, 1.82) is 0 Å². The molecule has 0 atom stereocenters. The van der Waals surface area contributed by atoms with E-state index in [1.165, 1.54) is 55.4 Å². The van der Waals surface area contributed by atoms with Crippen LogP contribution in [0.3, 0.4) is 0 Å². The summed E-state index contributed by atoms with van der Waals surface area (Å²) in [5.41, 5.74) is 13.7. The second kappa shape index (κ2) is 9.22. The average Bonchev–Trinajstić information content (AvgIpc) is 3.60. The lowest BCUT2D eigenvalue weighted by atomic mass is 9.92. The van der Waals surface area contributed by atoms with Gasteiger partial charge in [0.1, 0.15) is 11.2 Å². The van der Waals surface area contributed by atoms with E-state index >= 15 is 0 Å². The summed E-state index contributed by atoms with van der Waals surface area (Å²) in [5.74, 6) is 0. The highest BCUT2D eigenvalue weighted by Crippen LogP contribution is 2.52. The van der Waals surface area contributed by atoms with Crippen molar-refractivity contribution in [2.75, 3.05) is 4.90 Å². The van der Waals surface area contributed by atoms with Crippen LogP contribution in [-0.2, 0) is 0 Å². The van der Waals surface area contributed by atoms with Gasteiger partial charge in [0.25, 0.3) is 0 Å². The normalized spacial score (nSPS) is 12.4. The van der Waals surface area contributed by atoms with Gasteiger partial charge in [0, 0.05) is 44.0 Å². The first-order valence-electron chi connectivity index (χ1n) is 15.4. The predicted octanol–water partition coefficient (Wildman–Crippen LogP) is 11.8. The molecular weight excluding hydrogens is 548 g/mol. The van der Waals surface area contributed by atoms with Crippen molar-refractivity contribution in [1.82, 2.24) is 4.57 Å². The molecule has 3 nitrogen and oxygen atoms in total. The molecule has 0 radical (unpaired) electrons. The number of aromatic nitrogens is 1. The van der Waals surface area contributed by atoms with E-state index in [4.69, 9.17) is 4.42 Å². The lowest BCUT2D eigenvalue weighted by Crippen LogP contribution is -2.10. The quantitative estimate of drug-likeness (QED) is 0.205. The maximum Gasteiger partial charge on any atom is 0.135 e. The van der Waals surface area contributed by atoms with Crippen LogP contribution in [0.5, 0.6) is 0 Å². The van der Waals surface area contributed by atoms with Gasteiger partial charge in [-0.15, -0.1) is 0 Å². The highest BCUT2D eigenvalue weighted by atomic mass is 16.3. The molecule has 3 heterocycles. The Balaban J connectivity index is 1.32. The minimum Gasteiger partial charge on any atom is -0.456 e. The van der Waals surface area contributed by atoms with Gasteiger partial charge in [-0.25, -0.2) is 0 Å². The van der Waals surface area contributed by atoms with Gasteiger partial charge < -0.3 is 13.9 Å². The van der Waals surface area contributed by atoms with Crippen LogP contribution in [0.2, 0.25) is 0 Å². The van der Waals surface area contributed by atoms with E-state index in [1.54, 1.807) is 0 Å². The van der Waals surface area contributed by atoms with Gasteiger partial charge in [-0.2, -0.15) is 0 Å². The molecule has 0 bridgehead atoms. The van der Waals surface area contributed by atoms with E-state index in [9.17, 15) is 0 Å². The second-order valence-electron chi connectivity index (χ2n) is 11.8. The van der Waals surface area contributed by atoms with Crippen LogP contribution in [-0.4, -0.2) is 4.57 Å². The van der Waals surface area contributed by atoms with E-state index in [0.29, 0.717) is 0 Å². The lowest BCUT2D eigenvalue weighted by molar-refractivity contribution is 0.669. The molecule has 45 heavy (non-hydrogen) atoms. The molecule has 0 fully saturated rings. The Morgan fingerprint density at radius 2 is 0.978 bits per heavy atom. The Bertz CT molecular complexity index is 2610. The number of para-hydroxylation sites is 5. The van der Waals surface area contributed by atoms with Gasteiger partial charge in [0.15, 0.2) is 0 Å². The number of benzene rings is 7. The van der Waals surface area contributed by atoms with E-state index in [1.807, 2.05) is 12.1 Å². The first-order valence-corrected chi connectivity index (χ1v) is 15.4. The number of nitrogens with zero attached hydrogens (tertiary/aromatic N) is 2. The maximum atomic E-state index is 6.19. The van der Waals surface area contributed by atoms with Gasteiger partial charge in [-0.3, -0.25) is 0 Å². The number of hydrogen-bond acceptors (Lipinski definition) is 2. The summed E-state index contributed by atoms with van der Waals surface area (Å²) in [5, 5.41) is 4.74. The van der Waals surface area contributed by atoms with Crippen LogP contribution in [0.1, 0.15) is 0 Å². The van der Waals surface area contributed by atoms with Gasteiger partial charge in [0.05, 0.1) is 22.4 Å². The summed E-state index contributed by atoms with van der Waals surface area (Å²) >= 11 is 0. The third-order valence-electron chi connectivity index (χ3n) is 9.32. The fraction of sp³-hybridized carbons (Fsp3) is 0. The van der Waals surface area contributed by atoms with Crippen LogP contribution in [0, 0.1) is 0 Å². The predicted molar refractivity (Wildman–Crippen MR) is 187 cm³/mol. The zero-order chi connectivity index (χ0) is 29.5. The first-order chi connectivity index (χ1) is 22.3. The van der Waals surface area contributed by atoms with Crippen LogP contribution in [0.15, 0.2) is 162 Å². The van der Waals surface area contributed by atoms with Crippen molar-refractivity contribution in [3.05, 3.63) is 158 Å². The molecule has 9 aromatic rings. The van der Waals surface area contributed by atoms with E-state index in [2.05, 4.69) is 155 Å². The molecular formula is C42H26N2O. The molecule has 1 aliphatic heterocycles. The van der Waals surface area contributed by atoms with Crippen molar-refractivity contribution in [2.24, 2.45) is 0 Å². The van der Waals surface area contributed by atoms with Crippen molar-refractivity contribution in [3.63, 3.8) is 0 Å². The van der Waals surface area contributed by atoms with Gasteiger partial charge in [0.2, 0.25) is 0 Å². The number of rotatable bonds is 2. The lowest BCUT2D eigenvalue weighted by Gasteiger charge is -2.27. The number of furan rings is 1. The highest BCUT2D eigenvalue weighted by Gasteiger charge is 2.27. The Morgan fingerprint density at radius 3 is 1.78 bits per heavy atom. The molecule has 1 aliphatic rings. The number of hydrogen-bond donors (Lipinski definition) is 0. The minimum absolute atomic E-state index is 0.904. The fourth-order valence-electron chi connectivity index (χ4n) is 7.37. The summed E-state index contributed by atoms with van der Waals surface area (Å²) in [6, 6.07) is 56.7. The molecule has 2 aromatic heterocycles. The van der Waals surface area contributed by atoms with E-state index in [0.717, 1.165) is 33.3 Å². The van der Waals surface area contributed by atoms with E-state index in [-0.39, 0.29) is 0 Å². The van der Waals surface area contributed by atoms with Gasteiger partial charge in [-0.05, 0) is 77.9 Å². The molecule has 3 heteroatoms. The van der Waals surface area contributed by atoms with Gasteiger partial charge in [-0.1, -0.05) is 91.0 Å². The molecule has 210 valence electrons. The van der Waals surface area contributed by atoms with Crippen molar-refractivity contribution in [2.45, 2.75) is 0 Å². The molecule has 10 rings (SSSR count). The highest BCUT2D eigenvalue weighted by molar-refractivity contribution is 6.15. The zero-order valence-electron chi connectivity index (χ0n) is 24.3. The summed E-state index contributed by atoms with van der Waals surface area (Å²) in [6.45, 7) is 0. The first kappa shape index (κ1) is 24.4. The maximum absolute atomic E-state index is 6.19. The monoisotopic (exact) mass is 574 g/mol. The summed E-state index contributed by atoms with van der Waals surface area (Å²) in [6.07, 6.45) is 0. The smallest absolute Gasteiger partial charge is 0.135 e. The molecule has 0 saturated carbocycles. The van der Waals surface area contributed by atoms with Crippen molar-refractivity contribution >= 4 is 60.8 Å².